The van der Waals surface area contributed by atoms with Crippen LogP contribution in [0.25, 0.3) is 12.2 Å². The van der Waals surface area contributed by atoms with E-state index in [9.17, 15) is 9.59 Å². The van der Waals surface area contributed by atoms with Crippen molar-refractivity contribution in [3.8, 4) is 23.0 Å². The molecule has 47 heavy (non-hydrogen) atoms. The molecular formula is C37H36N4O6. The molecule has 0 aliphatic carbocycles. The van der Waals surface area contributed by atoms with E-state index < -0.39 is 18.2 Å². The van der Waals surface area contributed by atoms with Gasteiger partial charge in [-0.2, -0.15) is 10.2 Å². The van der Waals surface area contributed by atoms with Gasteiger partial charge < -0.3 is 18.9 Å². The molecule has 2 amide bonds. The molecule has 2 N–H and O–H groups in total. The summed E-state index contributed by atoms with van der Waals surface area (Å²) in [6.45, 7) is 0. The van der Waals surface area contributed by atoms with E-state index in [-0.39, 0.29) is 0 Å². The molecule has 0 bridgehead atoms. The Balaban J connectivity index is 1.47. The Kier molecular flexibility index (Phi) is 12.5. The molecule has 4 aromatic carbocycles. The summed E-state index contributed by atoms with van der Waals surface area (Å²) in [6.07, 6.45) is 6.75. The van der Waals surface area contributed by atoms with Gasteiger partial charge in [-0.1, -0.05) is 36.4 Å². The Morgan fingerprint density at radius 2 is 0.809 bits per heavy atom. The van der Waals surface area contributed by atoms with Crippen molar-refractivity contribution in [2.24, 2.45) is 10.2 Å². The second-order valence-corrected chi connectivity index (χ2v) is 9.91. The summed E-state index contributed by atoms with van der Waals surface area (Å²) in [4.78, 5) is 25.5. The third kappa shape index (κ3) is 10.5. The fourth-order valence-corrected chi connectivity index (χ4v) is 4.17. The minimum absolute atomic E-state index is 0.473. The highest BCUT2D eigenvalue weighted by Crippen LogP contribution is 2.17. The molecule has 0 heterocycles. The first-order chi connectivity index (χ1) is 22.9. The lowest BCUT2D eigenvalue weighted by atomic mass is 10.1. The second-order valence-electron chi connectivity index (χ2n) is 9.91. The Bertz CT molecular complexity index is 1610. The van der Waals surface area contributed by atoms with Gasteiger partial charge in [0.2, 0.25) is 11.8 Å². The fraction of sp³-hybridized carbons (Fsp3) is 0.135. The lowest BCUT2D eigenvalue weighted by molar-refractivity contribution is -0.129. The maximum absolute atomic E-state index is 12.8. The molecule has 0 fully saturated rings. The van der Waals surface area contributed by atoms with Gasteiger partial charge in [-0.25, -0.2) is 10.9 Å². The third-order valence-electron chi connectivity index (χ3n) is 6.79. The molecule has 0 saturated carbocycles. The van der Waals surface area contributed by atoms with Crippen molar-refractivity contribution >= 4 is 35.4 Å². The van der Waals surface area contributed by atoms with E-state index in [4.69, 9.17) is 18.9 Å². The van der Waals surface area contributed by atoms with Crippen molar-refractivity contribution < 1.29 is 28.5 Å². The number of nitrogens with one attached hydrogen (secondary N) is 2. The minimum Gasteiger partial charge on any atom is -0.497 e. The topological polar surface area (TPSA) is 120 Å². The summed E-state index contributed by atoms with van der Waals surface area (Å²) in [6, 6.07) is 29.5. The van der Waals surface area contributed by atoms with E-state index in [1.54, 1.807) is 64.9 Å². The number of hydrazone groups is 2. The van der Waals surface area contributed by atoms with Crippen molar-refractivity contribution in [2.75, 3.05) is 28.4 Å². The van der Waals surface area contributed by atoms with Gasteiger partial charge >= 0.3 is 0 Å². The van der Waals surface area contributed by atoms with Crippen LogP contribution in [0.15, 0.2) is 119 Å². The zero-order valence-electron chi connectivity index (χ0n) is 26.6. The Hall–Kier alpha value is -6.16. The number of carbonyl (C=O) groups is 2. The van der Waals surface area contributed by atoms with Crippen LogP contribution in [-0.2, 0) is 9.59 Å². The highest BCUT2D eigenvalue weighted by atomic mass is 16.5. The van der Waals surface area contributed by atoms with E-state index >= 15 is 0 Å². The number of benzene rings is 4. The first kappa shape index (κ1) is 33.7. The maximum Gasteiger partial charge on any atom is 0.249 e. The summed E-state index contributed by atoms with van der Waals surface area (Å²) in [5, 5.41) is 8.61. The van der Waals surface area contributed by atoms with Crippen molar-refractivity contribution in [1.82, 2.24) is 10.9 Å². The van der Waals surface area contributed by atoms with Gasteiger partial charge in [0.25, 0.3) is 0 Å². The zero-order valence-corrected chi connectivity index (χ0v) is 26.6. The number of allylic oxidation sites excluding steroid dienone is 2. The highest BCUT2D eigenvalue weighted by Gasteiger charge is 2.11. The van der Waals surface area contributed by atoms with Gasteiger partial charge in [0, 0.05) is 11.1 Å². The number of amides is 2. The van der Waals surface area contributed by atoms with Crippen molar-refractivity contribution in [3.63, 3.8) is 0 Å². The van der Waals surface area contributed by atoms with Gasteiger partial charge in [-0.3, -0.25) is 9.59 Å². The molecule has 0 aromatic heterocycles. The summed E-state index contributed by atoms with van der Waals surface area (Å²) in [5.74, 6) is 1.63. The summed E-state index contributed by atoms with van der Waals surface area (Å²) in [5.41, 5.74) is 9.19. The number of methoxy groups -OCH3 is 4. The standard InChI is InChI=1S/C37H36N4O6/c1-44-30-15-5-26(6-16-30)9-23-34(28-11-19-32(46-3)20-12-28)38-40-36(42)25-37(43)41-39-35(29-13-21-33(47-4)22-14-29)24-10-27-7-17-31(45-2)18-8-27/h5-24H,25H2,1-4H3,(H,40,42)(H,41,43)/b23-9+,24-10+,38-34+,39-35+. The lowest BCUT2D eigenvalue weighted by Gasteiger charge is -2.07. The third-order valence-corrected chi connectivity index (χ3v) is 6.79. The molecule has 0 unspecified atom stereocenters. The van der Waals surface area contributed by atoms with E-state index in [1.165, 1.54) is 0 Å². The molecule has 10 nitrogen and oxygen atoms in total. The van der Waals surface area contributed by atoms with Crippen molar-refractivity contribution in [1.29, 1.82) is 0 Å². The Labute approximate surface area is 274 Å². The van der Waals surface area contributed by atoms with E-state index in [0.29, 0.717) is 22.9 Å². The largest absolute Gasteiger partial charge is 0.497 e. The minimum atomic E-state index is -0.610. The lowest BCUT2D eigenvalue weighted by Crippen LogP contribution is -2.28. The van der Waals surface area contributed by atoms with Crippen molar-refractivity contribution in [2.45, 2.75) is 6.42 Å². The predicted octanol–water partition coefficient (Wildman–Crippen LogP) is 5.88. The van der Waals surface area contributed by atoms with Crippen LogP contribution in [0, 0.1) is 0 Å². The van der Waals surface area contributed by atoms with Gasteiger partial charge in [0.1, 0.15) is 29.4 Å². The Morgan fingerprint density at radius 3 is 1.11 bits per heavy atom. The predicted molar refractivity (Wildman–Crippen MR) is 184 cm³/mol. The van der Waals surface area contributed by atoms with Crippen LogP contribution in [0.2, 0.25) is 0 Å². The first-order valence-electron chi connectivity index (χ1n) is 14.6. The Morgan fingerprint density at radius 1 is 0.511 bits per heavy atom. The summed E-state index contributed by atoms with van der Waals surface area (Å²) >= 11 is 0. The van der Waals surface area contributed by atoms with Crippen LogP contribution < -0.4 is 29.8 Å². The van der Waals surface area contributed by atoms with Crippen LogP contribution in [0.1, 0.15) is 28.7 Å². The number of hydrogen-bond donors (Lipinski definition) is 2. The van der Waals surface area contributed by atoms with Gasteiger partial charge in [0.05, 0.1) is 39.9 Å². The molecule has 0 radical (unpaired) electrons. The van der Waals surface area contributed by atoms with Gasteiger partial charge in [-0.05, 0) is 96.1 Å². The molecule has 0 aliphatic rings. The second kappa shape index (κ2) is 17.4. The zero-order chi connectivity index (χ0) is 33.4. The number of hydrogen-bond acceptors (Lipinski definition) is 8. The number of carbonyl (C=O) groups excluding carboxylic acids is 2. The maximum atomic E-state index is 12.8. The average molecular weight is 633 g/mol. The smallest absolute Gasteiger partial charge is 0.249 e. The van der Waals surface area contributed by atoms with Crippen LogP contribution in [0.3, 0.4) is 0 Å². The fourth-order valence-electron chi connectivity index (χ4n) is 4.17. The summed E-state index contributed by atoms with van der Waals surface area (Å²) in [7, 11) is 6.38. The molecule has 4 aromatic rings. The number of ether oxygens (including phenoxy) is 4. The van der Waals surface area contributed by atoms with E-state index in [2.05, 4.69) is 21.1 Å². The van der Waals surface area contributed by atoms with Gasteiger partial charge in [0.15, 0.2) is 0 Å². The van der Waals surface area contributed by atoms with E-state index in [1.807, 2.05) is 84.9 Å². The monoisotopic (exact) mass is 632 g/mol. The molecule has 10 heteroatoms. The molecule has 4 rings (SSSR count). The molecule has 0 aliphatic heterocycles. The number of rotatable bonds is 14. The highest BCUT2D eigenvalue weighted by molar-refractivity contribution is 6.12. The quantitative estimate of drug-likeness (QED) is 0.102. The average Bonchev–Trinajstić information content (AvgIpc) is 3.12. The van der Waals surface area contributed by atoms with Crippen LogP contribution in [0.5, 0.6) is 23.0 Å². The summed E-state index contributed by atoms with van der Waals surface area (Å²) < 4.78 is 21.0. The number of nitrogens with zero attached hydrogens (tertiary/aromatic N) is 2. The van der Waals surface area contributed by atoms with Crippen molar-refractivity contribution in [3.05, 3.63) is 131 Å². The normalized spacial score (nSPS) is 11.7. The molecule has 0 atom stereocenters. The molecular weight excluding hydrogens is 596 g/mol. The SMILES string of the molecule is COc1ccc(/C=C/C(=N\NC(=O)CC(=O)N/N=C(\C=C\c2ccc(OC)cc2)c2ccc(OC)cc2)c2ccc(OC)cc2)cc1. The molecule has 240 valence electrons. The van der Waals surface area contributed by atoms with Crippen LogP contribution in [0.4, 0.5) is 0 Å². The van der Waals surface area contributed by atoms with E-state index in [0.717, 1.165) is 33.8 Å². The first-order valence-corrected chi connectivity index (χ1v) is 14.6. The molecule has 0 saturated heterocycles. The van der Waals surface area contributed by atoms with Gasteiger partial charge in [-0.15, -0.1) is 0 Å². The molecule has 0 spiro atoms. The van der Waals surface area contributed by atoms with Crippen LogP contribution >= 0.6 is 0 Å². The van der Waals surface area contributed by atoms with Crippen LogP contribution in [-0.4, -0.2) is 51.7 Å².